The zero-order valence-corrected chi connectivity index (χ0v) is 20.2. The van der Waals surface area contributed by atoms with Crippen LogP contribution in [-0.4, -0.2) is 48.2 Å². The van der Waals surface area contributed by atoms with Crippen LogP contribution in [0.5, 0.6) is 5.88 Å². The molecule has 1 aromatic carbocycles. The van der Waals surface area contributed by atoms with Gasteiger partial charge in [-0.2, -0.15) is 20.8 Å². The van der Waals surface area contributed by atoms with Crippen molar-refractivity contribution >= 4 is 5.82 Å². The second-order valence-electron chi connectivity index (χ2n) is 9.74. The molecule has 7 heteroatoms. The number of fused-ring (bicyclic) bond motifs is 3. The summed E-state index contributed by atoms with van der Waals surface area (Å²) in [4.78, 5) is 9.59. The zero-order chi connectivity index (χ0) is 24.4. The predicted octanol–water partition coefficient (Wildman–Crippen LogP) is 4.43. The van der Waals surface area contributed by atoms with E-state index in [9.17, 15) is 15.8 Å². The summed E-state index contributed by atoms with van der Waals surface area (Å²) in [5, 5.41) is 30.9. The molecule has 0 saturated carbocycles. The number of piperidine rings is 2. The van der Waals surface area contributed by atoms with Gasteiger partial charge < -0.3 is 14.5 Å². The van der Waals surface area contributed by atoms with Gasteiger partial charge in [-0.3, -0.25) is 0 Å². The first-order valence-corrected chi connectivity index (χ1v) is 12.6. The average molecular weight is 467 g/mol. The molecule has 2 fully saturated rings. The third-order valence-corrected chi connectivity index (χ3v) is 7.88. The molecule has 5 rings (SSSR count). The molecule has 178 valence electrons. The Balaban J connectivity index is 1.67. The van der Waals surface area contributed by atoms with Crippen LogP contribution in [0.4, 0.5) is 5.82 Å². The molecular weight excluding hydrogens is 436 g/mol. The van der Waals surface area contributed by atoms with E-state index in [1.54, 1.807) is 0 Å². The van der Waals surface area contributed by atoms with E-state index in [0.29, 0.717) is 24.1 Å². The van der Waals surface area contributed by atoms with Crippen molar-refractivity contribution in [3.8, 4) is 35.2 Å². The lowest BCUT2D eigenvalue weighted by atomic mass is 9.68. The van der Waals surface area contributed by atoms with Crippen LogP contribution >= 0.6 is 0 Å². The van der Waals surface area contributed by atoms with Crippen molar-refractivity contribution in [2.45, 2.75) is 57.5 Å². The maximum atomic E-state index is 10.4. The first-order valence-electron chi connectivity index (χ1n) is 12.6. The van der Waals surface area contributed by atoms with E-state index in [4.69, 9.17) is 9.72 Å². The van der Waals surface area contributed by atoms with Crippen LogP contribution in [0.3, 0.4) is 0 Å². The Morgan fingerprint density at radius 2 is 1.80 bits per heavy atom. The average Bonchev–Trinajstić information content (AvgIpc) is 2.93. The fourth-order valence-corrected chi connectivity index (χ4v) is 6.19. The number of likely N-dealkylation sites (tertiary alicyclic amines) is 1. The second-order valence-corrected chi connectivity index (χ2v) is 9.74. The Labute approximate surface area is 207 Å². The van der Waals surface area contributed by atoms with Crippen molar-refractivity contribution in [1.82, 2.24) is 9.88 Å². The summed E-state index contributed by atoms with van der Waals surface area (Å²) in [6.45, 7) is 5.19. The molecule has 2 saturated heterocycles. The van der Waals surface area contributed by atoms with Gasteiger partial charge in [0.2, 0.25) is 5.88 Å². The summed E-state index contributed by atoms with van der Waals surface area (Å²) in [5.74, 6) is 1.08. The molecule has 0 radical (unpaired) electrons. The molecule has 0 spiro atoms. The maximum absolute atomic E-state index is 10.4. The van der Waals surface area contributed by atoms with E-state index in [2.05, 4.69) is 28.0 Å². The Hall–Kier alpha value is -3.60. The zero-order valence-electron chi connectivity index (χ0n) is 20.2. The van der Waals surface area contributed by atoms with Crippen molar-refractivity contribution in [3.05, 3.63) is 41.5 Å². The van der Waals surface area contributed by atoms with E-state index in [-0.39, 0.29) is 12.5 Å². The summed E-state index contributed by atoms with van der Waals surface area (Å²) in [7, 11) is 0. The minimum Gasteiger partial charge on any atom is -0.477 e. The number of hydrogen-bond acceptors (Lipinski definition) is 7. The number of anilines is 1. The van der Waals surface area contributed by atoms with E-state index >= 15 is 0 Å². The molecule has 0 unspecified atom stereocenters. The topological polar surface area (TPSA) is 100.0 Å². The Morgan fingerprint density at radius 3 is 2.46 bits per heavy atom. The van der Waals surface area contributed by atoms with Crippen molar-refractivity contribution in [2.75, 3.05) is 31.1 Å². The van der Waals surface area contributed by atoms with Crippen molar-refractivity contribution in [2.24, 2.45) is 5.41 Å². The molecule has 3 aliphatic heterocycles. The van der Waals surface area contributed by atoms with Crippen LogP contribution in [0.15, 0.2) is 30.3 Å². The standard InChI is InChI=1S/C28H30N6O/c1-2-35-27-23(17-29)25(20-9-5-3-6-10-20)22-16-28(18-30,19-31)24-15-21(33-12-7-4-8-13-33)11-14-34(24)26(22)32-27/h3,5-6,9-10,21,24H,2,4,7-8,11-16H2,1H3/t21-,24-/m1/s1. The van der Waals surface area contributed by atoms with Gasteiger partial charge in [0.05, 0.1) is 24.8 Å². The van der Waals surface area contributed by atoms with Gasteiger partial charge in [0.1, 0.15) is 17.5 Å². The first kappa shape index (κ1) is 23.2. The molecule has 4 heterocycles. The quantitative estimate of drug-likeness (QED) is 0.657. The van der Waals surface area contributed by atoms with Crippen LogP contribution in [0.25, 0.3) is 11.1 Å². The van der Waals surface area contributed by atoms with E-state index in [1.807, 2.05) is 37.3 Å². The monoisotopic (exact) mass is 466 g/mol. The van der Waals surface area contributed by atoms with Gasteiger partial charge in [-0.1, -0.05) is 36.8 Å². The lowest BCUT2D eigenvalue weighted by molar-refractivity contribution is 0.113. The molecule has 0 amide bonds. The van der Waals surface area contributed by atoms with Crippen molar-refractivity contribution in [1.29, 1.82) is 15.8 Å². The van der Waals surface area contributed by atoms with Gasteiger partial charge >= 0.3 is 0 Å². The van der Waals surface area contributed by atoms with Gasteiger partial charge in [0, 0.05) is 30.1 Å². The fraction of sp³-hybridized carbons (Fsp3) is 0.500. The number of ether oxygens (including phenoxy) is 1. The summed E-state index contributed by atoms with van der Waals surface area (Å²) >= 11 is 0. The summed E-state index contributed by atoms with van der Waals surface area (Å²) in [6.07, 6.45) is 5.70. The van der Waals surface area contributed by atoms with E-state index in [1.165, 1.54) is 19.3 Å². The molecule has 35 heavy (non-hydrogen) atoms. The van der Waals surface area contributed by atoms with Gasteiger partial charge in [0.25, 0.3) is 0 Å². The molecule has 0 bridgehead atoms. The summed E-state index contributed by atoms with van der Waals surface area (Å²) < 4.78 is 5.86. The highest BCUT2D eigenvalue weighted by Crippen LogP contribution is 2.49. The largest absolute Gasteiger partial charge is 0.477 e. The van der Waals surface area contributed by atoms with Gasteiger partial charge in [-0.15, -0.1) is 0 Å². The van der Waals surface area contributed by atoms with Crippen LogP contribution in [-0.2, 0) is 6.42 Å². The molecule has 0 aliphatic carbocycles. The number of aromatic nitrogens is 1. The Bertz CT molecular complexity index is 1200. The number of pyridine rings is 1. The van der Waals surface area contributed by atoms with Gasteiger partial charge in [-0.25, -0.2) is 0 Å². The highest BCUT2D eigenvalue weighted by atomic mass is 16.5. The summed E-state index contributed by atoms with van der Waals surface area (Å²) in [6, 6.07) is 17.0. The SMILES string of the molecule is CCOc1nc2c(c(-c3ccccc3)c1C#N)CC(C#N)(C#N)[C@H]1C[C@H](N3CCCCC3)CCN21. The Kier molecular flexibility index (Phi) is 6.33. The normalized spacial score (nSPS) is 23.2. The van der Waals surface area contributed by atoms with E-state index in [0.717, 1.165) is 55.0 Å². The maximum Gasteiger partial charge on any atom is 0.234 e. The number of rotatable bonds is 4. The molecule has 2 aromatic rings. The number of nitriles is 3. The molecule has 3 aliphatic rings. The molecule has 7 nitrogen and oxygen atoms in total. The Morgan fingerprint density at radius 1 is 1.06 bits per heavy atom. The third kappa shape index (κ3) is 3.89. The van der Waals surface area contributed by atoms with Crippen LogP contribution < -0.4 is 9.64 Å². The van der Waals surface area contributed by atoms with Crippen LogP contribution in [0.2, 0.25) is 0 Å². The number of nitrogens with zero attached hydrogens (tertiary/aromatic N) is 6. The van der Waals surface area contributed by atoms with Gasteiger partial charge in [-0.05, 0) is 51.3 Å². The molecule has 2 atom stereocenters. The lowest BCUT2D eigenvalue weighted by Gasteiger charge is -2.51. The molecular formula is C28H30N6O. The molecule has 1 aromatic heterocycles. The second kappa shape index (κ2) is 9.57. The third-order valence-electron chi connectivity index (χ3n) is 7.88. The number of hydrogen-bond donors (Lipinski definition) is 0. The predicted molar refractivity (Wildman–Crippen MR) is 132 cm³/mol. The van der Waals surface area contributed by atoms with Crippen LogP contribution in [0, 0.1) is 39.4 Å². The van der Waals surface area contributed by atoms with Crippen molar-refractivity contribution < 1.29 is 4.74 Å². The van der Waals surface area contributed by atoms with Gasteiger partial charge in [0.15, 0.2) is 5.41 Å². The first-order chi connectivity index (χ1) is 17.2. The smallest absolute Gasteiger partial charge is 0.234 e. The summed E-state index contributed by atoms with van der Waals surface area (Å²) in [5.41, 5.74) is 1.56. The highest BCUT2D eigenvalue weighted by molar-refractivity contribution is 5.82. The minimum absolute atomic E-state index is 0.246. The minimum atomic E-state index is -1.20. The van der Waals surface area contributed by atoms with Crippen LogP contribution in [0.1, 0.15) is 50.2 Å². The van der Waals surface area contributed by atoms with E-state index < -0.39 is 5.41 Å². The fourth-order valence-electron chi connectivity index (χ4n) is 6.19. The lowest BCUT2D eigenvalue weighted by Crippen LogP contribution is -2.59. The van der Waals surface area contributed by atoms with Crippen molar-refractivity contribution in [3.63, 3.8) is 0 Å². The highest BCUT2D eigenvalue weighted by Gasteiger charge is 2.52. The number of benzene rings is 1. The molecule has 0 N–H and O–H groups in total.